The molecular formula is C68H78F2N8O5S3. The molecule has 0 radical (unpaired) electrons. The average molecular weight is 1220 g/mol. The van der Waals surface area contributed by atoms with Crippen LogP contribution >= 0.6 is 36.2 Å². The lowest BCUT2D eigenvalue weighted by Crippen LogP contribution is -1.86. The van der Waals surface area contributed by atoms with Crippen LogP contribution in [0.3, 0.4) is 0 Å². The summed E-state index contributed by atoms with van der Waals surface area (Å²) < 4.78 is 34.5. The van der Waals surface area contributed by atoms with Crippen molar-refractivity contribution in [3.8, 4) is 5.75 Å². The minimum atomic E-state index is -0.570. The van der Waals surface area contributed by atoms with Crippen LogP contribution in [0, 0.1) is 38.8 Å². The van der Waals surface area contributed by atoms with Crippen LogP contribution in [-0.2, 0) is 0 Å². The summed E-state index contributed by atoms with van der Waals surface area (Å²) >= 11 is 7.72. The van der Waals surface area contributed by atoms with Crippen LogP contribution in [0.15, 0.2) is 276 Å². The van der Waals surface area contributed by atoms with E-state index in [1.54, 1.807) is 35.8 Å². The molecule has 0 aliphatic heterocycles. The number of nitro benzene ring substituents is 2. The number of non-ortho nitro benzene ring substituents is 2. The molecule has 13 aromatic rings. The molecule has 452 valence electrons. The normalized spacial score (nSPS) is 9.52. The number of rotatable bonds is 5. The summed E-state index contributed by atoms with van der Waals surface area (Å²) in [4.78, 5) is 23.6. The number of benzene rings is 3. The summed E-state index contributed by atoms with van der Waals surface area (Å²) in [6.07, 6.45) is 22.2. The van der Waals surface area contributed by atoms with E-state index in [0.717, 1.165) is 64.6 Å². The lowest BCUT2D eigenvalue weighted by atomic mass is 10.3. The van der Waals surface area contributed by atoms with E-state index < -0.39 is 21.5 Å². The molecule has 86 heavy (non-hydrogen) atoms. The maximum Gasteiger partial charge on any atom is 0.269 e. The lowest BCUT2D eigenvalue weighted by molar-refractivity contribution is -0.385. The molecule has 0 spiro atoms. The Hall–Kier alpha value is -9.23. The summed E-state index contributed by atoms with van der Waals surface area (Å²) in [5.74, 6) is -0.639. The highest BCUT2D eigenvalue weighted by Crippen LogP contribution is 2.28. The number of aromatic hydroxyl groups is 1. The predicted molar refractivity (Wildman–Crippen MR) is 361 cm³/mol. The first kappa shape index (κ1) is 72.9. The highest BCUT2D eigenvalue weighted by molar-refractivity contribution is 7.99. The van der Waals surface area contributed by atoms with E-state index in [0.29, 0.717) is 5.75 Å². The maximum absolute atomic E-state index is 12.1. The zero-order valence-corrected chi connectivity index (χ0v) is 50.6. The van der Waals surface area contributed by atoms with E-state index in [1.165, 1.54) is 42.3 Å². The Morgan fingerprint density at radius 2 is 0.779 bits per heavy atom. The number of nitrogens with two attached hydrogens (primary N) is 1. The molecule has 13 rings (SSSR count). The first-order chi connectivity index (χ1) is 40.7. The third kappa shape index (κ3) is 24.2. The quantitative estimate of drug-likeness (QED) is 0.0506. The van der Waals surface area contributed by atoms with Crippen molar-refractivity contribution in [2.75, 3.05) is 12.0 Å². The molecule has 10 aromatic heterocycles. The summed E-state index contributed by atoms with van der Waals surface area (Å²) in [6.45, 7) is 14.1. The number of fused-ring (bicyclic) bond motifs is 5. The van der Waals surface area contributed by atoms with Gasteiger partial charge in [0.2, 0.25) is 0 Å². The van der Waals surface area contributed by atoms with Crippen molar-refractivity contribution in [2.24, 2.45) is 0 Å². The molecule has 13 nitrogen and oxygen atoms in total. The second-order valence-electron chi connectivity index (χ2n) is 16.8. The third-order valence-corrected chi connectivity index (χ3v) is 13.1. The molecule has 3 aromatic carbocycles. The average Bonchev–Trinajstić information content (AvgIpc) is 4.54. The Bertz CT molecular complexity index is 3770. The summed E-state index contributed by atoms with van der Waals surface area (Å²) in [7, 11) is 0. The van der Waals surface area contributed by atoms with Gasteiger partial charge in [-0.1, -0.05) is 74.2 Å². The van der Waals surface area contributed by atoms with E-state index in [9.17, 15) is 29.0 Å². The summed E-state index contributed by atoms with van der Waals surface area (Å²) in [5.41, 5.74) is 13.6. The third-order valence-electron chi connectivity index (χ3n) is 11.1. The molecule has 0 bridgehead atoms. The summed E-state index contributed by atoms with van der Waals surface area (Å²) in [5, 5.41) is 29.0. The van der Waals surface area contributed by atoms with Gasteiger partial charge in [-0.05, 0) is 183 Å². The molecule has 3 N–H and O–H groups in total. The number of thiol groups is 1. The molecule has 0 unspecified atom stereocenters. The maximum atomic E-state index is 12.1. The van der Waals surface area contributed by atoms with Gasteiger partial charge in [0.1, 0.15) is 17.4 Å². The van der Waals surface area contributed by atoms with Gasteiger partial charge in [0.25, 0.3) is 11.4 Å². The molecular weight excluding hydrogens is 1140 g/mol. The molecule has 0 saturated heterocycles. The number of hydrogen-bond acceptors (Lipinski definition) is 9. The topological polar surface area (TPSA) is 155 Å². The number of anilines is 1. The van der Waals surface area contributed by atoms with E-state index >= 15 is 0 Å². The highest BCUT2D eigenvalue weighted by atomic mass is 32.2. The largest absolute Gasteiger partial charge is 0.506 e. The molecule has 0 atom stereocenters. The second-order valence-corrected chi connectivity index (χ2v) is 19.3. The van der Waals surface area contributed by atoms with Crippen molar-refractivity contribution in [1.82, 2.24) is 22.0 Å². The van der Waals surface area contributed by atoms with Crippen molar-refractivity contribution in [2.45, 2.75) is 82.9 Å². The number of hydrogen-bond donors (Lipinski definition) is 3. The van der Waals surface area contributed by atoms with Crippen LogP contribution in [0.2, 0.25) is 0 Å². The first-order valence-electron chi connectivity index (χ1n) is 26.7. The molecule has 0 saturated carbocycles. The van der Waals surface area contributed by atoms with Crippen LogP contribution in [0.25, 0.3) is 27.6 Å². The highest BCUT2D eigenvalue weighted by Gasteiger charge is 2.04. The fraction of sp³-hybridized carbons (Fsp3) is 0.147. The monoisotopic (exact) mass is 1220 g/mol. The molecule has 0 aliphatic rings. The molecule has 18 heteroatoms. The van der Waals surface area contributed by atoms with Gasteiger partial charge in [0, 0.05) is 133 Å². The van der Waals surface area contributed by atoms with Gasteiger partial charge in [-0.3, -0.25) is 20.2 Å². The van der Waals surface area contributed by atoms with Crippen molar-refractivity contribution in [1.29, 1.82) is 0 Å². The van der Waals surface area contributed by atoms with Gasteiger partial charge in [0.05, 0.1) is 16.0 Å². The van der Waals surface area contributed by atoms with Crippen LogP contribution < -0.4 is 5.73 Å². The van der Waals surface area contributed by atoms with Gasteiger partial charge in [-0.15, -0.1) is 24.4 Å². The molecule has 0 amide bonds. The van der Waals surface area contributed by atoms with Crippen molar-refractivity contribution in [3.05, 3.63) is 294 Å². The number of nitrogens with zero attached hydrogens (tertiary/aromatic N) is 7. The fourth-order valence-corrected chi connectivity index (χ4v) is 8.66. The Morgan fingerprint density at radius 3 is 1.20 bits per heavy atom. The van der Waals surface area contributed by atoms with Crippen LogP contribution in [0.1, 0.15) is 62.0 Å². The molecule has 0 aliphatic carbocycles. The lowest BCUT2D eigenvalue weighted by Gasteiger charge is -2.03. The number of halogens is 2. The Kier molecular flexibility index (Phi) is 33.3. The van der Waals surface area contributed by atoms with E-state index in [1.807, 2.05) is 136 Å². The van der Waals surface area contributed by atoms with Gasteiger partial charge >= 0.3 is 0 Å². The number of aryl methyl sites for hydroxylation is 1. The van der Waals surface area contributed by atoms with Crippen molar-refractivity contribution >= 4 is 80.8 Å². The standard InChI is InChI=1S/C14H12N2S.C9H9NS.C9H9N.C8H7NO.C8H7NS.2C6H4FNO2.3C2H6.2CH4/c15-11-3-6-13(7-4-11)17-14-8-5-12-2-1-9-16(12)10-14;1-11-9-5-4-8-3-2-6-10(8)7-9;1-8-4-5-9-3-2-6-10(9)7-8;2*10-8-4-3-7-2-1-5-9(7)6-8;2*7-5-1-3-6(4-2-5)8(9)10;3*1-2;;/h1-10H,15H2;2-7H,1H3;2-7H,1H3;2*1-6,10H;2*1-4H;3*1-2H3;2*1H4. The first-order valence-corrected chi connectivity index (χ1v) is 29.2. The minimum absolute atomic E-state index is 0. The van der Waals surface area contributed by atoms with Crippen LogP contribution in [0.5, 0.6) is 5.75 Å². The number of pyridine rings is 5. The number of nitrogen functional groups attached to an aromatic ring is 1. The smallest absolute Gasteiger partial charge is 0.269 e. The van der Waals surface area contributed by atoms with Gasteiger partial charge in [0.15, 0.2) is 0 Å². The van der Waals surface area contributed by atoms with Gasteiger partial charge < -0.3 is 32.8 Å². The van der Waals surface area contributed by atoms with Crippen LogP contribution in [-0.4, -0.2) is 43.2 Å². The van der Waals surface area contributed by atoms with Crippen molar-refractivity contribution in [3.63, 3.8) is 0 Å². The van der Waals surface area contributed by atoms with Crippen molar-refractivity contribution < 1.29 is 23.7 Å². The minimum Gasteiger partial charge on any atom is -0.506 e. The van der Waals surface area contributed by atoms with Crippen LogP contribution in [0.4, 0.5) is 25.8 Å². The van der Waals surface area contributed by atoms with Gasteiger partial charge in [-0.25, -0.2) is 8.78 Å². The van der Waals surface area contributed by atoms with E-state index in [4.69, 9.17) is 10.8 Å². The number of thioether (sulfide) groups is 1. The molecule has 10 heterocycles. The Labute approximate surface area is 517 Å². The van der Waals surface area contributed by atoms with Gasteiger partial charge in [-0.2, -0.15) is 0 Å². The molecule has 0 fully saturated rings. The predicted octanol–water partition coefficient (Wildman–Crippen LogP) is 20.3. The zero-order valence-electron chi connectivity index (χ0n) is 48.1. The zero-order chi connectivity index (χ0) is 61.4. The van der Waals surface area contributed by atoms with E-state index in [2.05, 4.69) is 149 Å². The number of aromatic nitrogens is 5. The number of nitro groups is 2. The second kappa shape index (κ2) is 39.3. The van der Waals surface area contributed by atoms with E-state index in [-0.39, 0.29) is 26.2 Å². The Balaban J connectivity index is 0.000000339. The SMILES string of the molecule is C.C.CC.CC.CC.CSc1ccc2cccn2c1.Cc1ccc2cccn2c1.Nc1ccc(Sc2ccc3cccn3c2)cc1.O=[N+]([O-])c1ccc(F)cc1.O=[N+]([O-])c1ccc(F)cc1.Oc1ccc2cccn2c1.Sc1ccc2cccn2c1. The summed E-state index contributed by atoms with van der Waals surface area (Å²) in [6, 6.07) is 57.4. The fourth-order valence-electron chi connectivity index (χ4n) is 7.19. The Morgan fingerprint density at radius 1 is 0.442 bits per heavy atom.